The van der Waals surface area contributed by atoms with Crippen LogP contribution in [0.1, 0.15) is 20.7 Å². The van der Waals surface area contributed by atoms with E-state index in [4.69, 9.17) is 39.5 Å². The molecule has 0 bridgehead atoms. The van der Waals surface area contributed by atoms with Gasteiger partial charge in [-0.15, -0.1) is 0 Å². The van der Waals surface area contributed by atoms with Gasteiger partial charge in [0.15, 0.2) is 12.4 Å². The van der Waals surface area contributed by atoms with Crippen molar-refractivity contribution in [1.29, 1.82) is 0 Å². The van der Waals surface area contributed by atoms with Crippen LogP contribution in [-0.4, -0.2) is 23.3 Å². The number of halogens is 3. The highest BCUT2D eigenvalue weighted by molar-refractivity contribution is 6.42. The SMILES string of the molecule is O=C(COC(=O)c1cc(Cl)ccc1[N+](=O)[O-])c1ccc(Cl)c(Cl)c1. The van der Waals surface area contributed by atoms with Crippen LogP contribution in [0.25, 0.3) is 0 Å². The number of nitro groups is 1. The van der Waals surface area contributed by atoms with Gasteiger partial charge in [-0.3, -0.25) is 14.9 Å². The quantitative estimate of drug-likeness (QED) is 0.323. The molecule has 124 valence electrons. The summed E-state index contributed by atoms with van der Waals surface area (Å²) in [6.45, 7) is -0.611. The molecule has 0 aliphatic heterocycles. The molecule has 2 aromatic rings. The number of hydrogen-bond acceptors (Lipinski definition) is 5. The van der Waals surface area contributed by atoms with E-state index in [0.717, 1.165) is 12.1 Å². The first-order chi connectivity index (χ1) is 11.3. The summed E-state index contributed by atoms with van der Waals surface area (Å²) in [6.07, 6.45) is 0. The fourth-order valence-electron chi connectivity index (χ4n) is 1.79. The summed E-state index contributed by atoms with van der Waals surface area (Å²) in [7, 11) is 0. The Morgan fingerprint density at radius 2 is 1.75 bits per heavy atom. The molecular formula is C15H8Cl3NO5. The third-order valence-electron chi connectivity index (χ3n) is 2.95. The second kappa shape index (κ2) is 7.61. The molecule has 2 aromatic carbocycles. The Kier molecular flexibility index (Phi) is 5.77. The van der Waals surface area contributed by atoms with Crippen molar-refractivity contribution in [2.75, 3.05) is 6.61 Å². The molecule has 0 aromatic heterocycles. The molecule has 0 N–H and O–H groups in total. The zero-order valence-corrected chi connectivity index (χ0v) is 14.1. The van der Waals surface area contributed by atoms with E-state index in [9.17, 15) is 19.7 Å². The number of benzene rings is 2. The van der Waals surface area contributed by atoms with Gasteiger partial charge < -0.3 is 4.74 Å². The average Bonchev–Trinajstić information content (AvgIpc) is 2.54. The zero-order valence-electron chi connectivity index (χ0n) is 11.8. The second-order valence-corrected chi connectivity index (χ2v) is 5.80. The monoisotopic (exact) mass is 387 g/mol. The summed E-state index contributed by atoms with van der Waals surface area (Å²) >= 11 is 17.3. The lowest BCUT2D eigenvalue weighted by molar-refractivity contribution is -0.385. The summed E-state index contributed by atoms with van der Waals surface area (Å²) in [4.78, 5) is 34.2. The number of ketones is 1. The van der Waals surface area contributed by atoms with Crippen molar-refractivity contribution in [2.45, 2.75) is 0 Å². The highest BCUT2D eigenvalue weighted by atomic mass is 35.5. The Morgan fingerprint density at radius 1 is 1.04 bits per heavy atom. The number of Topliss-reactive ketones (excluding diaryl/α,β-unsaturated/α-hetero) is 1. The van der Waals surface area contributed by atoms with E-state index in [1.54, 1.807) is 0 Å². The number of carbonyl (C=O) groups excluding carboxylic acids is 2. The molecule has 0 amide bonds. The van der Waals surface area contributed by atoms with Crippen LogP contribution in [0.3, 0.4) is 0 Å². The molecule has 24 heavy (non-hydrogen) atoms. The molecule has 2 rings (SSSR count). The Balaban J connectivity index is 2.13. The van der Waals surface area contributed by atoms with Gasteiger partial charge in [0.25, 0.3) is 5.69 Å². The predicted octanol–water partition coefficient (Wildman–Crippen LogP) is 4.59. The largest absolute Gasteiger partial charge is 0.454 e. The van der Waals surface area contributed by atoms with Crippen molar-refractivity contribution in [1.82, 2.24) is 0 Å². The minimum Gasteiger partial charge on any atom is -0.454 e. The van der Waals surface area contributed by atoms with Crippen molar-refractivity contribution in [2.24, 2.45) is 0 Å². The normalized spacial score (nSPS) is 10.3. The van der Waals surface area contributed by atoms with E-state index in [1.165, 1.54) is 24.3 Å². The first-order valence-corrected chi connectivity index (χ1v) is 7.52. The fourth-order valence-corrected chi connectivity index (χ4v) is 2.26. The summed E-state index contributed by atoms with van der Waals surface area (Å²) in [5, 5.41) is 11.5. The molecule has 0 fully saturated rings. The number of ether oxygens (including phenoxy) is 1. The smallest absolute Gasteiger partial charge is 0.345 e. The van der Waals surface area contributed by atoms with Gasteiger partial charge in [0.2, 0.25) is 0 Å². The Labute approximate surface area is 151 Å². The molecule has 0 spiro atoms. The van der Waals surface area contributed by atoms with Crippen LogP contribution in [0.4, 0.5) is 5.69 Å². The van der Waals surface area contributed by atoms with Gasteiger partial charge in [0.1, 0.15) is 5.56 Å². The highest BCUT2D eigenvalue weighted by Gasteiger charge is 2.22. The molecule has 0 saturated carbocycles. The summed E-state index contributed by atoms with van der Waals surface area (Å²) in [6, 6.07) is 7.65. The van der Waals surface area contributed by atoms with Gasteiger partial charge in [-0.1, -0.05) is 34.8 Å². The van der Waals surface area contributed by atoms with Crippen LogP contribution in [0.15, 0.2) is 36.4 Å². The van der Waals surface area contributed by atoms with Gasteiger partial charge in [-0.05, 0) is 30.3 Å². The standard InChI is InChI=1S/C15H8Cl3NO5/c16-9-2-4-13(19(22)23)10(6-9)15(21)24-7-14(20)8-1-3-11(17)12(18)5-8/h1-6H,7H2. The molecule has 0 unspecified atom stereocenters. The number of carbonyl (C=O) groups is 2. The number of hydrogen-bond donors (Lipinski definition) is 0. The number of nitrogens with zero attached hydrogens (tertiary/aromatic N) is 1. The minimum absolute atomic E-state index is 0.128. The Hall–Kier alpha value is -2.15. The van der Waals surface area contributed by atoms with Gasteiger partial charge in [-0.2, -0.15) is 0 Å². The minimum atomic E-state index is -1.03. The Bertz CT molecular complexity index is 838. The molecular weight excluding hydrogens is 381 g/mol. The molecule has 0 atom stereocenters. The van der Waals surface area contributed by atoms with E-state index >= 15 is 0 Å². The van der Waals surface area contributed by atoms with Crippen LogP contribution < -0.4 is 0 Å². The maximum atomic E-state index is 12.0. The van der Waals surface area contributed by atoms with Gasteiger partial charge in [0, 0.05) is 16.7 Å². The molecule has 0 heterocycles. The van der Waals surface area contributed by atoms with E-state index in [2.05, 4.69) is 0 Å². The maximum Gasteiger partial charge on any atom is 0.345 e. The number of esters is 1. The molecule has 0 radical (unpaired) electrons. The maximum absolute atomic E-state index is 12.0. The van der Waals surface area contributed by atoms with E-state index < -0.39 is 29.0 Å². The molecule has 0 saturated heterocycles. The average molecular weight is 389 g/mol. The predicted molar refractivity (Wildman–Crippen MR) is 89.2 cm³/mol. The van der Waals surface area contributed by atoms with Crippen molar-refractivity contribution in [3.63, 3.8) is 0 Å². The number of rotatable bonds is 5. The van der Waals surface area contributed by atoms with Gasteiger partial charge in [0.05, 0.1) is 15.0 Å². The highest BCUT2D eigenvalue weighted by Crippen LogP contribution is 2.24. The first kappa shape index (κ1) is 18.2. The van der Waals surface area contributed by atoms with Crippen molar-refractivity contribution < 1.29 is 19.2 Å². The molecule has 9 heteroatoms. The number of nitro benzene ring substituents is 1. The molecule has 6 nitrogen and oxygen atoms in total. The lowest BCUT2D eigenvalue weighted by Gasteiger charge is -2.06. The lowest BCUT2D eigenvalue weighted by Crippen LogP contribution is -2.15. The summed E-state index contributed by atoms with van der Waals surface area (Å²) in [5.41, 5.74) is -0.612. The van der Waals surface area contributed by atoms with Crippen molar-refractivity contribution in [3.05, 3.63) is 72.7 Å². The van der Waals surface area contributed by atoms with Crippen LogP contribution in [0, 0.1) is 10.1 Å². The van der Waals surface area contributed by atoms with Crippen molar-refractivity contribution in [3.8, 4) is 0 Å². The third-order valence-corrected chi connectivity index (χ3v) is 3.93. The first-order valence-electron chi connectivity index (χ1n) is 6.39. The lowest BCUT2D eigenvalue weighted by atomic mass is 10.1. The van der Waals surface area contributed by atoms with Gasteiger partial charge in [-0.25, -0.2) is 4.79 Å². The summed E-state index contributed by atoms with van der Waals surface area (Å²) in [5.74, 6) is -1.57. The van der Waals surface area contributed by atoms with Gasteiger partial charge >= 0.3 is 5.97 Å². The molecule has 0 aliphatic rings. The van der Waals surface area contributed by atoms with Crippen LogP contribution in [0.2, 0.25) is 15.1 Å². The zero-order chi connectivity index (χ0) is 17.9. The third kappa shape index (κ3) is 4.23. The summed E-state index contributed by atoms with van der Waals surface area (Å²) < 4.78 is 4.83. The van der Waals surface area contributed by atoms with E-state index in [0.29, 0.717) is 0 Å². The Morgan fingerprint density at radius 3 is 2.38 bits per heavy atom. The van der Waals surface area contributed by atoms with Crippen molar-refractivity contribution >= 4 is 52.2 Å². The van der Waals surface area contributed by atoms with E-state index in [-0.39, 0.29) is 26.2 Å². The van der Waals surface area contributed by atoms with Crippen LogP contribution in [-0.2, 0) is 4.74 Å². The second-order valence-electron chi connectivity index (χ2n) is 4.55. The van der Waals surface area contributed by atoms with E-state index in [1.807, 2.05) is 0 Å². The molecule has 0 aliphatic carbocycles. The van der Waals surface area contributed by atoms with Crippen LogP contribution in [0.5, 0.6) is 0 Å². The van der Waals surface area contributed by atoms with Crippen LogP contribution >= 0.6 is 34.8 Å². The topological polar surface area (TPSA) is 86.5 Å². The fraction of sp³-hybridized carbons (Fsp3) is 0.0667.